The maximum atomic E-state index is 6.15. The Hall–Kier alpha value is -1.19. The summed E-state index contributed by atoms with van der Waals surface area (Å²) in [7, 11) is 0. The highest BCUT2D eigenvalue weighted by molar-refractivity contribution is 6.43. The van der Waals surface area contributed by atoms with Gasteiger partial charge in [0.05, 0.1) is 15.7 Å². The van der Waals surface area contributed by atoms with Crippen LogP contribution in [0.2, 0.25) is 10.0 Å². The van der Waals surface area contributed by atoms with E-state index in [1.807, 2.05) is 19.1 Å². The Bertz CT molecular complexity index is 520. The Morgan fingerprint density at radius 3 is 2.81 bits per heavy atom. The topological polar surface area (TPSA) is 54.7 Å². The van der Waals surface area contributed by atoms with E-state index in [9.17, 15) is 0 Å². The van der Waals surface area contributed by atoms with Crippen LogP contribution in [0.25, 0.3) is 11.3 Å². The molecule has 16 heavy (non-hydrogen) atoms. The summed E-state index contributed by atoms with van der Waals surface area (Å²) in [6.07, 6.45) is 0.792. The van der Waals surface area contributed by atoms with E-state index < -0.39 is 0 Å². The molecule has 0 atom stereocenters. The van der Waals surface area contributed by atoms with Gasteiger partial charge in [0.1, 0.15) is 5.82 Å². The molecule has 5 heteroatoms. The van der Waals surface area contributed by atoms with E-state index in [0.717, 1.165) is 23.2 Å². The lowest BCUT2D eigenvalue weighted by molar-refractivity contribution is 1.10. The van der Waals surface area contributed by atoms with Gasteiger partial charge in [0.25, 0.3) is 0 Å². The van der Waals surface area contributed by atoms with E-state index in [1.54, 1.807) is 6.07 Å². The molecular weight excluding hydrogens is 245 g/mol. The lowest BCUT2D eigenvalue weighted by Gasteiger charge is -2.05. The van der Waals surface area contributed by atoms with Crippen molar-refractivity contribution in [2.24, 2.45) is 0 Å². The number of nitrogens with one attached hydrogen (secondary N) is 1. The van der Waals surface area contributed by atoms with Crippen molar-refractivity contribution in [3.8, 4) is 11.3 Å². The van der Waals surface area contributed by atoms with Crippen LogP contribution >= 0.6 is 23.2 Å². The number of nitrogen functional groups attached to an aromatic ring is 1. The third-order valence-corrected chi connectivity index (χ3v) is 3.29. The van der Waals surface area contributed by atoms with Crippen LogP contribution in [0.3, 0.4) is 0 Å². The number of aromatic amines is 1. The van der Waals surface area contributed by atoms with Crippen LogP contribution in [0, 0.1) is 0 Å². The van der Waals surface area contributed by atoms with E-state index in [1.165, 1.54) is 0 Å². The highest BCUT2D eigenvalue weighted by Gasteiger charge is 2.14. The summed E-state index contributed by atoms with van der Waals surface area (Å²) in [6, 6.07) is 5.49. The molecule has 84 valence electrons. The number of anilines is 1. The molecule has 0 unspecified atom stereocenters. The van der Waals surface area contributed by atoms with Crippen molar-refractivity contribution < 1.29 is 0 Å². The minimum atomic E-state index is 0.508. The van der Waals surface area contributed by atoms with Crippen LogP contribution in [-0.2, 0) is 6.42 Å². The number of benzene rings is 1. The molecule has 3 nitrogen and oxygen atoms in total. The number of rotatable bonds is 2. The molecule has 2 aromatic rings. The molecular formula is C11H11Cl2N3. The van der Waals surface area contributed by atoms with Gasteiger partial charge < -0.3 is 5.73 Å². The van der Waals surface area contributed by atoms with Crippen molar-refractivity contribution in [2.45, 2.75) is 13.3 Å². The maximum absolute atomic E-state index is 6.15. The standard InChI is InChI=1S/C11H11Cl2N3/c1-2-6-10(15-16-11(6)14)7-4-3-5-8(12)9(7)13/h3-5H,2H2,1H3,(H3,14,15,16). The third-order valence-electron chi connectivity index (χ3n) is 2.47. The lowest BCUT2D eigenvalue weighted by atomic mass is 10.1. The first-order valence-corrected chi connectivity index (χ1v) is 5.67. The van der Waals surface area contributed by atoms with E-state index in [0.29, 0.717) is 15.9 Å². The zero-order chi connectivity index (χ0) is 11.7. The Balaban J connectivity index is 2.63. The largest absolute Gasteiger partial charge is 0.382 e. The fraction of sp³-hybridized carbons (Fsp3) is 0.182. The van der Waals surface area contributed by atoms with Crippen molar-refractivity contribution in [1.82, 2.24) is 10.2 Å². The van der Waals surface area contributed by atoms with Gasteiger partial charge in [-0.2, -0.15) is 5.10 Å². The minimum Gasteiger partial charge on any atom is -0.382 e. The molecule has 0 fully saturated rings. The average molecular weight is 256 g/mol. The number of H-pyrrole nitrogens is 1. The molecule has 1 aromatic carbocycles. The Kier molecular flexibility index (Phi) is 3.08. The van der Waals surface area contributed by atoms with E-state index in [4.69, 9.17) is 28.9 Å². The summed E-state index contributed by atoms with van der Waals surface area (Å²) in [4.78, 5) is 0. The van der Waals surface area contributed by atoms with Gasteiger partial charge >= 0.3 is 0 Å². The summed E-state index contributed by atoms with van der Waals surface area (Å²) < 4.78 is 0. The van der Waals surface area contributed by atoms with Crippen LogP contribution in [0.5, 0.6) is 0 Å². The normalized spacial score (nSPS) is 10.7. The summed E-state index contributed by atoms with van der Waals surface area (Å²) in [6.45, 7) is 2.02. The number of nitrogens with zero attached hydrogens (tertiary/aromatic N) is 1. The molecule has 1 aromatic heterocycles. The third kappa shape index (κ3) is 1.77. The van der Waals surface area contributed by atoms with Crippen molar-refractivity contribution in [1.29, 1.82) is 0 Å². The fourth-order valence-electron chi connectivity index (χ4n) is 1.66. The summed E-state index contributed by atoms with van der Waals surface area (Å²) in [5, 5.41) is 7.92. The second kappa shape index (κ2) is 4.36. The highest BCUT2D eigenvalue weighted by Crippen LogP contribution is 2.35. The number of nitrogens with two attached hydrogens (primary N) is 1. The number of hydrogen-bond acceptors (Lipinski definition) is 2. The predicted molar refractivity (Wildman–Crippen MR) is 67.8 cm³/mol. The average Bonchev–Trinajstić information content (AvgIpc) is 2.63. The van der Waals surface area contributed by atoms with E-state index in [2.05, 4.69) is 10.2 Å². The molecule has 0 aliphatic heterocycles. The predicted octanol–water partition coefficient (Wildman–Crippen LogP) is 3.53. The molecule has 2 rings (SSSR count). The summed E-state index contributed by atoms with van der Waals surface area (Å²) >= 11 is 12.1. The second-order valence-electron chi connectivity index (χ2n) is 3.42. The zero-order valence-electron chi connectivity index (χ0n) is 8.72. The van der Waals surface area contributed by atoms with Crippen LogP contribution in [-0.4, -0.2) is 10.2 Å². The van der Waals surface area contributed by atoms with Gasteiger partial charge in [-0.05, 0) is 12.5 Å². The van der Waals surface area contributed by atoms with Gasteiger partial charge in [0, 0.05) is 11.1 Å². The molecule has 0 saturated heterocycles. The molecule has 3 N–H and O–H groups in total. The molecule has 0 radical (unpaired) electrons. The second-order valence-corrected chi connectivity index (χ2v) is 4.20. The van der Waals surface area contributed by atoms with Crippen LogP contribution in [0.15, 0.2) is 18.2 Å². The molecule has 0 amide bonds. The van der Waals surface area contributed by atoms with E-state index in [-0.39, 0.29) is 0 Å². The molecule has 0 spiro atoms. The fourth-order valence-corrected chi connectivity index (χ4v) is 2.05. The van der Waals surface area contributed by atoms with Crippen LogP contribution in [0.4, 0.5) is 5.82 Å². The SMILES string of the molecule is CCc1c(N)n[nH]c1-c1cccc(Cl)c1Cl. The van der Waals surface area contributed by atoms with Crippen LogP contribution in [0.1, 0.15) is 12.5 Å². The number of aromatic nitrogens is 2. The van der Waals surface area contributed by atoms with Crippen molar-refractivity contribution >= 4 is 29.0 Å². The van der Waals surface area contributed by atoms with Crippen molar-refractivity contribution in [2.75, 3.05) is 5.73 Å². The molecule has 0 bridgehead atoms. The Morgan fingerprint density at radius 2 is 2.12 bits per heavy atom. The van der Waals surface area contributed by atoms with Gasteiger partial charge in [-0.3, -0.25) is 5.10 Å². The quantitative estimate of drug-likeness (QED) is 0.863. The Labute approximate surface area is 104 Å². The molecule has 1 heterocycles. The molecule has 0 saturated carbocycles. The minimum absolute atomic E-state index is 0.508. The smallest absolute Gasteiger partial charge is 0.149 e. The first kappa shape index (κ1) is 11.3. The number of halogens is 2. The number of hydrogen-bond donors (Lipinski definition) is 2. The molecule has 0 aliphatic carbocycles. The van der Waals surface area contributed by atoms with Gasteiger partial charge in [0.2, 0.25) is 0 Å². The first-order chi connectivity index (χ1) is 7.65. The summed E-state index contributed by atoms with van der Waals surface area (Å²) in [5.41, 5.74) is 8.39. The molecule has 0 aliphatic rings. The maximum Gasteiger partial charge on any atom is 0.149 e. The first-order valence-electron chi connectivity index (χ1n) is 4.92. The van der Waals surface area contributed by atoms with Gasteiger partial charge in [-0.1, -0.05) is 42.3 Å². The zero-order valence-corrected chi connectivity index (χ0v) is 10.2. The summed E-state index contributed by atoms with van der Waals surface area (Å²) in [5.74, 6) is 0.508. The Morgan fingerprint density at radius 1 is 1.38 bits per heavy atom. The van der Waals surface area contributed by atoms with Gasteiger partial charge in [-0.25, -0.2) is 0 Å². The van der Waals surface area contributed by atoms with Gasteiger partial charge in [0.15, 0.2) is 0 Å². The highest BCUT2D eigenvalue weighted by atomic mass is 35.5. The van der Waals surface area contributed by atoms with E-state index >= 15 is 0 Å². The lowest BCUT2D eigenvalue weighted by Crippen LogP contribution is -1.91. The van der Waals surface area contributed by atoms with Crippen molar-refractivity contribution in [3.63, 3.8) is 0 Å². The van der Waals surface area contributed by atoms with Gasteiger partial charge in [-0.15, -0.1) is 0 Å². The van der Waals surface area contributed by atoms with Crippen molar-refractivity contribution in [3.05, 3.63) is 33.8 Å². The van der Waals surface area contributed by atoms with Crippen LogP contribution < -0.4 is 5.73 Å². The monoisotopic (exact) mass is 255 g/mol.